The van der Waals surface area contributed by atoms with Gasteiger partial charge in [0.05, 0.1) is 23.2 Å². The quantitative estimate of drug-likeness (QED) is 0.655. The van der Waals surface area contributed by atoms with E-state index in [2.05, 4.69) is 15.3 Å². The van der Waals surface area contributed by atoms with Gasteiger partial charge in [0.25, 0.3) is 5.91 Å². The highest BCUT2D eigenvalue weighted by molar-refractivity contribution is 6.01. The van der Waals surface area contributed by atoms with Gasteiger partial charge in [0.1, 0.15) is 11.5 Å². The smallest absolute Gasteiger partial charge is 0.355 e. The lowest BCUT2D eigenvalue weighted by Crippen LogP contribution is -2.27. The van der Waals surface area contributed by atoms with E-state index in [1.54, 1.807) is 20.8 Å². The van der Waals surface area contributed by atoms with Crippen LogP contribution < -0.4 is 5.32 Å². The van der Waals surface area contributed by atoms with Crippen LogP contribution in [0.15, 0.2) is 24.3 Å². The molecule has 0 aliphatic carbocycles. The molecule has 3 aromatic rings. The first-order chi connectivity index (χ1) is 12.9. The van der Waals surface area contributed by atoms with E-state index in [-0.39, 0.29) is 12.5 Å². The third-order valence-electron chi connectivity index (χ3n) is 4.66. The Morgan fingerprint density at radius 2 is 2.00 bits per heavy atom. The molecule has 27 heavy (non-hydrogen) atoms. The summed E-state index contributed by atoms with van der Waals surface area (Å²) < 4.78 is 7.06. The number of nitrogens with zero attached hydrogens (tertiary/aromatic N) is 2. The molecule has 1 amide bonds. The zero-order chi connectivity index (χ0) is 19.6. The van der Waals surface area contributed by atoms with Crippen LogP contribution in [0.1, 0.15) is 44.9 Å². The summed E-state index contributed by atoms with van der Waals surface area (Å²) in [6.45, 7) is 6.01. The standard InChI is InChI=1S/C20H24N4O3/c1-5-27-20(26)18-12(2)17(13(3)22-18)19(25)21-11-10-16-23-14-8-6-7-9-15(14)24(16)4/h6-9,22H,5,10-11H2,1-4H3,(H,21,25). The van der Waals surface area contributed by atoms with Crippen molar-refractivity contribution in [3.8, 4) is 0 Å². The van der Waals surface area contributed by atoms with Gasteiger partial charge < -0.3 is 19.6 Å². The zero-order valence-corrected chi connectivity index (χ0v) is 16.0. The molecule has 0 unspecified atom stereocenters. The van der Waals surface area contributed by atoms with Gasteiger partial charge in [-0.2, -0.15) is 0 Å². The van der Waals surface area contributed by atoms with Crippen LogP contribution in [-0.4, -0.2) is 39.6 Å². The number of para-hydroxylation sites is 2. The van der Waals surface area contributed by atoms with E-state index in [0.717, 1.165) is 16.9 Å². The molecule has 1 aromatic carbocycles. The number of H-pyrrole nitrogens is 1. The zero-order valence-electron chi connectivity index (χ0n) is 16.0. The minimum absolute atomic E-state index is 0.212. The van der Waals surface area contributed by atoms with E-state index >= 15 is 0 Å². The molecule has 0 bridgehead atoms. The molecule has 3 rings (SSSR count). The highest BCUT2D eigenvalue weighted by atomic mass is 16.5. The summed E-state index contributed by atoms with van der Waals surface area (Å²) in [6, 6.07) is 7.93. The van der Waals surface area contributed by atoms with Gasteiger partial charge in [-0.15, -0.1) is 0 Å². The normalized spacial score (nSPS) is 11.0. The molecule has 7 nitrogen and oxygen atoms in total. The van der Waals surface area contributed by atoms with Crippen LogP contribution in [0.25, 0.3) is 11.0 Å². The van der Waals surface area contributed by atoms with Crippen molar-refractivity contribution in [2.45, 2.75) is 27.2 Å². The van der Waals surface area contributed by atoms with E-state index < -0.39 is 5.97 Å². The van der Waals surface area contributed by atoms with Gasteiger partial charge >= 0.3 is 5.97 Å². The van der Waals surface area contributed by atoms with Crippen LogP contribution in [-0.2, 0) is 18.2 Å². The number of nitrogens with one attached hydrogen (secondary N) is 2. The number of aromatic nitrogens is 3. The minimum atomic E-state index is -0.447. The summed E-state index contributed by atoms with van der Waals surface area (Å²) in [4.78, 5) is 32.2. The number of hydrogen-bond acceptors (Lipinski definition) is 4. The van der Waals surface area contributed by atoms with E-state index in [1.165, 1.54) is 0 Å². The highest BCUT2D eigenvalue weighted by Crippen LogP contribution is 2.19. The number of benzene rings is 1. The second kappa shape index (κ2) is 7.65. The lowest BCUT2D eigenvalue weighted by atomic mass is 10.1. The molecule has 0 fully saturated rings. The number of aromatic amines is 1. The summed E-state index contributed by atoms with van der Waals surface area (Å²) >= 11 is 0. The third kappa shape index (κ3) is 3.58. The van der Waals surface area contributed by atoms with Crippen molar-refractivity contribution >= 4 is 22.9 Å². The Labute approximate surface area is 157 Å². The summed E-state index contributed by atoms with van der Waals surface area (Å²) in [5.74, 6) is 0.249. The van der Waals surface area contributed by atoms with Crippen molar-refractivity contribution in [1.29, 1.82) is 0 Å². The Kier molecular flexibility index (Phi) is 5.30. The summed E-state index contributed by atoms with van der Waals surface area (Å²) in [6.07, 6.45) is 0.615. The highest BCUT2D eigenvalue weighted by Gasteiger charge is 2.22. The van der Waals surface area contributed by atoms with Crippen LogP contribution in [0.5, 0.6) is 0 Å². The molecule has 2 aromatic heterocycles. The molecule has 0 aliphatic heterocycles. The Morgan fingerprint density at radius 3 is 2.70 bits per heavy atom. The SMILES string of the molecule is CCOC(=O)c1[nH]c(C)c(C(=O)NCCc2nc3ccccc3n2C)c1C. The van der Waals surface area contributed by atoms with Crippen molar-refractivity contribution < 1.29 is 14.3 Å². The Morgan fingerprint density at radius 1 is 1.26 bits per heavy atom. The first kappa shape index (κ1) is 18.7. The monoisotopic (exact) mass is 368 g/mol. The largest absolute Gasteiger partial charge is 0.461 e. The van der Waals surface area contributed by atoms with E-state index in [1.807, 2.05) is 35.9 Å². The number of aryl methyl sites for hydroxylation is 2. The van der Waals surface area contributed by atoms with Crippen LogP contribution in [0.3, 0.4) is 0 Å². The fourth-order valence-electron chi connectivity index (χ4n) is 3.29. The molecule has 0 saturated carbocycles. The molecular formula is C20H24N4O3. The van der Waals surface area contributed by atoms with Crippen LogP contribution in [0.2, 0.25) is 0 Å². The number of hydrogen-bond donors (Lipinski definition) is 2. The second-order valence-electron chi connectivity index (χ2n) is 6.43. The number of imidazole rings is 1. The molecule has 2 heterocycles. The van der Waals surface area contributed by atoms with Gasteiger partial charge in [-0.05, 0) is 38.5 Å². The molecule has 7 heteroatoms. The number of ether oxygens (including phenoxy) is 1. The molecule has 0 radical (unpaired) electrons. The summed E-state index contributed by atoms with van der Waals surface area (Å²) in [7, 11) is 1.97. The van der Waals surface area contributed by atoms with Crippen molar-refractivity contribution in [2.75, 3.05) is 13.2 Å². The van der Waals surface area contributed by atoms with E-state index in [4.69, 9.17) is 4.74 Å². The number of rotatable bonds is 6. The third-order valence-corrected chi connectivity index (χ3v) is 4.66. The average Bonchev–Trinajstić information content (AvgIpc) is 3.12. The molecule has 0 saturated heterocycles. The van der Waals surface area contributed by atoms with Crippen LogP contribution >= 0.6 is 0 Å². The van der Waals surface area contributed by atoms with Crippen LogP contribution in [0, 0.1) is 13.8 Å². The first-order valence-corrected chi connectivity index (χ1v) is 8.98. The maximum Gasteiger partial charge on any atom is 0.355 e. The minimum Gasteiger partial charge on any atom is -0.461 e. The van der Waals surface area contributed by atoms with Gasteiger partial charge in [0, 0.05) is 25.7 Å². The van der Waals surface area contributed by atoms with Gasteiger partial charge in [0.15, 0.2) is 0 Å². The van der Waals surface area contributed by atoms with Crippen molar-refractivity contribution in [3.05, 3.63) is 52.6 Å². The number of amides is 1. The molecule has 0 spiro atoms. The first-order valence-electron chi connectivity index (χ1n) is 8.98. The maximum absolute atomic E-state index is 12.6. The Balaban J connectivity index is 1.69. The summed E-state index contributed by atoms with van der Waals surface area (Å²) in [5, 5.41) is 2.92. The van der Waals surface area contributed by atoms with E-state index in [0.29, 0.717) is 35.5 Å². The summed E-state index contributed by atoms with van der Waals surface area (Å²) in [5.41, 5.74) is 4.08. The van der Waals surface area contributed by atoms with Gasteiger partial charge in [0.2, 0.25) is 0 Å². The van der Waals surface area contributed by atoms with Gasteiger partial charge in [-0.25, -0.2) is 9.78 Å². The predicted octanol–water partition coefficient (Wildman–Crippen LogP) is 2.67. The topological polar surface area (TPSA) is 89.0 Å². The fraction of sp³-hybridized carbons (Fsp3) is 0.350. The lowest BCUT2D eigenvalue weighted by molar-refractivity contribution is 0.0519. The van der Waals surface area contributed by atoms with Crippen molar-refractivity contribution in [1.82, 2.24) is 19.9 Å². The Hall–Kier alpha value is -3.09. The molecule has 0 aliphatic rings. The number of carbonyl (C=O) groups is 2. The predicted molar refractivity (Wildman–Crippen MR) is 103 cm³/mol. The fourth-order valence-corrected chi connectivity index (χ4v) is 3.29. The maximum atomic E-state index is 12.6. The second-order valence-corrected chi connectivity index (χ2v) is 6.43. The molecular weight excluding hydrogens is 344 g/mol. The number of esters is 1. The van der Waals surface area contributed by atoms with Crippen molar-refractivity contribution in [2.24, 2.45) is 7.05 Å². The lowest BCUT2D eigenvalue weighted by Gasteiger charge is -2.07. The average molecular weight is 368 g/mol. The molecule has 2 N–H and O–H groups in total. The van der Waals surface area contributed by atoms with Crippen molar-refractivity contribution in [3.63, 3.8) is 0 Å². The van der Waals surface area contributed by atoms with Gasteiger partial charge in [-0.3, -0.25) is 4.79 Å². The number of fused-ring (bicyclic) bond motifs is 1. The molecule has 0 atom stereocenters. The Bertz CT molecular complexity index is 1000. The van der Waals surface area contributed by atoms with Gasteiger partial charge in [-0.1, -0.05) is 12.1 Å². The van der Waals surface area contributed by atoms with Crippen LogP contribution in [0.4, 0.5) is 0 Å². The number of carbonyl (C=O) groups excluding carboxylic acids is 2. The molecule has 142 valence electrons. The van der Waals surface area contributed by atoms with E-state index in [9.17, 15) is 9.59 Å².